The molecular formula is C48H40N2O4. The van der Waals surface area contributed by atoms with Crippen LogP contribution >= 0.6 is 0 Å². The summed E-state index contributed by atoms with van der Waals surface area (Å²) < 4.78 is 11.2. The molecule has 0 spiro atoms. The standard InChI is InChI=1S/C48H40N2O4/c49-33-37-9-17-39(18-10-37)41-21-25-43(26-22-41)47(51)53-45-29-13-35(14-30-45)7-5-3-1-2-4-6-8-36-15-31-46(32-16-36)54-48(52)44-27-23-42(24-28-44)40-19-11-38(34-50)12-20-40/h9-32H,1-8H2. The van der Waals surface area contributed by atoms with Gasteiger partial charge in [-0.3, -0.25) is 0 Å². The van der Waals surface area contributed by atoms with Gasteiger partial charge in [0.15, 0.2) is 0 Å². The first-order valence-electron chi connectivity index (χ1n) is 18.3. The van der Waals surface area contributed by atoms with E-state index in [1.807, 2.05) is 97.1 Å². The number of unbranched alkanes of at least 4 members (excludes halogenated alkanes) is 5. The van der Waals surface area contributed by atoms with Crippen molar-refractivity contribution in [3.8, 4) is 45.9 Å². The lowest BCUT2D eigenvalue weighted by molar-refractivity contribution is 0.0725. The average molecular weight is 709 g/mol. The molecule has 0 amide bonds. The van der Waals surface area contributed by atoms with Crippen LogP contribution in [0.1, 0.15) is 81.5 Å². The van der Waals surface area contributed by atoms with Crippen LogP contribution in [-0.2, 0) is 12.8 Å². The van der Waals surface area contributed by atoms with Crippen molar-refractivity contribution in [1.29, 1.82) is 10.5 Å². The van der Waals surface area contributed by atoms with E-state index < -0.39 is 11.9 Å². The molecule has 0 aliphatic heterocycles. The number of carbonyl (C=O) groups excluding carboxylic acids is 2. The van der Waals surface area contributed by atoms with Crippen molar-refractivity contribution in [3.63, 3.8) is 0 Å². The fourth-order valence-electron chi connectivity index (χ4n) is 6.22. The number of nitriles is 2. The third-order valence-corrected chi connectivity index (χ3v) is 9.38. The Labute approximate surface area is 316 Å². The van der Waals surface area contributed by atoms with E-state index in [-0.39, 0.29) is 0 Å². The molecule has 6 rings (SSSR count). The molecule has 0 saturated heterocycles. The molecule has 0 saturated carbocycles. The molecule has 6 nitrogen and oxygen atoms in total. The van der Waals surface area contributed by atoms with Gasteiger partial charge < -0.3 is 9.47 Å². The van der Waals surface area contributed by atoms with Crippen molar-refractivity contribution in [1.82, 2.24) is 0 Å². The van der Waals surface area contributed by atoms with Gasteiger partial charge >= 0.3 is 11.9 Å². The van der Waals surface area contributed by atoms with Gasteiger partial charge in [-0.05, 0) is 132 Å². The van der Waals surface area contributed by atoms with Crippen LogP contribution in [0, 0.1) is 22.7 Å². The Bertz CT molecular complexity index is 2060. The number of ether oxygens (including phenoxy) is 2. The molecule has 54 heavy (non-hydrogen) atoms. The fourth-order valence-corrected chi connectivity index (χ4v) is 6.22. The van der Waals surface area contributed by atoms with E-state index in [9.17, 15) is 9.59 Å². The van der Waals surface area contributed by atoms with Crippen molar-refractivity contribution in [2.45, 2.75) is 51.4 Å². The highest BCUT2D eigenvalue weighted by atomic mass is 16.5. The molecule has 0 radical (unpaired) electrons. The van der Waals surface area contributed by atoms with Gasteiger partial charge in [0.05, 0.1) is 34.4 Å². The number of carbonyl (C=O) groups is 2. The highest BCUT2D eigenvalue weighted by Crippen LogP contribution is 2.24. The van der Waals surface area contributed by atoms with E-state index in [1.54, 1.807) is 48.5 Å². The van der Waals surface area contributed by atoms with Crippen LogP contribution in [0.5, 0.6) is 11.5 Å². The zero-order chi connectivity index (χ0) is 37.5. The molecule has 0 aromatic heterocycles. The maximum Gasteiger partial charge on any atom is 0.343 e. The normalized spacial score (nSPS) is 10.6. The zero-order valence-corrected chi connectivity index (χ0v) is 30.0. The smallest absolute Gasteiger partial charge is 0.343 e. The van der Waals surface area contributed by atoms with Crippen molar-refractivity contribution >= 4 is 11.9 Å². The number of benzene rings is 6. The molecule has 0 N–H and O–H groups in total. The second-order valence-electron chi connectivity index (χ2n) is 13.2. The lowest BCUT2D eigenvalue weighted by atomic mass is 10.0. The summed E-state index contributed by atoms with van der Waals surface area (Å²) in [7, 11) is 0. The quantitative estimate of drug-likeness (QED) is 0.0598. The molecule has 0 unspecified atom stereocenters. The van der Waals surface area contributed by atoms with Crippen molar-refractivity contribution in [2.24, 2.45) is 0 Å². The van der Waals surface area contributed by atoms with Gasteiger partial charge in [0, 0.05) is 0 Å². The minimum Gasteiger partial charge on any atom is -0.423 e. The number of aryl methyl sites for hydroxylation is 2. The van der Waals surface area contributed by atoms with Crippen LogP contribution < -0.4 is 9.47 Å². The zero-order valence-electron chi connectivity index (χ0n) is 30.0. The Morgan fingerprint density at radius 3 is 1.00 bits per heavy atom. The van der Waals surface area contributed by atoms with E-state index in [4.69, 9.17) is 20.0 Å². The molecular weight excluding hydrogens is 669 g/mol. The van der Waals surface area contributed by atoms with E-state index in [2.05, 4.69) is 12.1 Å². The fraction of sp³-hybridized carbons (Fsp3) is 0.167. The summed E-state index contributed by atoms with van der Waals surface area (Å²) in [5, 5.41) is 18.0. The van der Waals surface area contributed by atoms with Crippen molar-refractivity contribution < 1.29 is 19.1 Å². The Kier molecular flexibility index (Phi) is 12.8. The van der Waals surface area contributed by atoms with Gasteiger partial charge in [0.1, 0.15) is 11.5 Å². The topological polar surface area (TPSA) is 100 Å². The summed E-state index contributed by atoms with van der Waals surface area (Å²) in [4.78, 5) is 25.4. The number of hydrogen-bond acceptors (Lipinski definition) is 6. The SMILES string of the molecule is N#Cc1ccc(-c2ccc(C(=O)Oc3ccc(CCCCCCCCc4ccc(OC(=O)c5ccc(-c6ccc(C#N)cc6)cc5)cc4)cc3)cc2)cc1. The summed E-state index contributed by atoms with van der Waals surface area (Å²) in [6, 6.07) is 49.0. The predicted molar refractivity (Wildman–Crippen MR) is 211 cm³/mol. The molecule has 0 aliphatic carbocycles. The summed E-state index contributed by atoms with van der Waals surface area (Å²) in [5.41, 5.74) is 8.53. The Balaban J connectivity index is 0.832. The van der Waals surface area contributed by atoms with E-state index >= 15 is 0 Å². The van der Waals surface area contributed by atoms with Crippen LogP contribution in [0.3, 0.4) is 0 Å². The summed E-state index contributed by atoms with van der Waals surface area (Å²) in [5.74, 6) is 0.262. The summed E-state index contributed by atoms with van der Waals surface area (Å²) in [6.45, 7) is 0. The lowest BCUT2D eigenvalue weighted by Gasteiger charge is -2.08. The Hall–Kier alpha value is -6.76. The minimum absolute atomic E-state index is 0.396. The van der Waals surface area contributed by atoms with Crippen LogP contribution in [0.2, 0.25) is 0 Å². The van der Waals surface area contributed by atoms with Crippen LogP contribution in [0.25, 0.3) is 22.3 Å². The van der Waals surface area contributed by atoms with Crippen LogP contribution in [0.4, 0.5) is 0 Å². The first-order chi connectivity index (χ1) is 26.5. The second kappa shape index (κ2) is 18.6. The van der Waals surface area contributed by atoms with Crippen LogP contribution in [-0.4, -0.2) is 11.9 Å². The minimum atomic E-state index is -0.396. The van der Waals surface area contributed by atoms with E-state index in [0.717, 1.165) is 47.9 Å². The maximum atomic E-state index is 12.7. The second-order valence-corrected chi connectivity index (χ2v) is 13.2. The molecule has 266 valence electrons. The third-order valence-electron chi connectivity index (χ3n) is 9.38. The molecule has 6 aromatic rings. The third kappa shape index (κ3) is 10.4. The van der Waals surface area contributed by atoms with Crippen molar-refractivity contribution in [3.05, 3.63) is 179 Å². The molecule has 0 fully saturated rings. The van der Waals surface area contributed by atoms with Gasteiger partial charge in [-0.25, -0.2) is 9.59 Å². The Morgan fingerprint density at radius 2 is 0.685 bits per heavy atom. The largest absolute Gasteiger partial charge is 0.423 e. The van der Waals surface area contributed by atoms with Gasteiger partial charge in [0.25, 0.3) is 0 Å². The summed E-state index contributed by atoms with van der Waals surface area (Å²) in [6.07, 6.45) is 8.96. The van der Waals surface area contributed by atoms with Crippen molar-refractivity contribution in [2.75, 3.05) is 0 Å². The van der Waals surface area contributed by atoms with Gasteiger partial charge in [-0.15, -0.1) is 0 Å². The Morgan fingerprint density at radius 1 is 0.389 bits per heavy atom. The molecule has 6 heteroatoms. The first kappa shape index (κ1) is 37.0. The average Bonchev–Trinajstić information content (AvgIpc) is 3.23. The molecule has 0 aliphatic rings. The monoisotopic (exact) mass is 708 g/mol. The van der Waals surface area contributed by atoms with E-state index in [0.29, 0.717) is 33.8 Å². The van der Waals surface area contributed by atoms with E-state index in [1.165, 1.54) is 36.8 Å². The lowest BCUT2D eigenvalue weighted by Crippen LogP contribution is -2.08. The van der Waals surface area contributed by atoms with Gasteiger partial charge in [0.2, 0.25) is 0 Å². The molecule has 0 heterocycles. The first-order valence-corrected chi connectivity index (χ1v) is 18.3. The number of rotatable bonds is 15. The highest BCUT2D eigenvalue weighted by Gasteiger charge is 2.11. The predicted octanol–water partition coefficient (Wildman–Crippen LogP) is 11.3. The molecule has 0 atom stereocenters. The maximum absolute atomic E-state index is 12.7. The number of nitrogens with zero attached hydrogens (tertiary/aromatic N) is 2. The number of hydrogen-bond donors (Lipinski definition) is 0. The van der Waals surface area contributed by atoms with Gasteiger partial charge in [-0.1, -0.05) is 98.5 Å². The summed E-state index contributed by atoms with van der Waals surface area (Å²) >= 11 is 0. The highest BCUT2D eigenvalue weighted by molar-refractivity contribution is 5.92. The number of esters is 2. The van der Waals surface area contributed by atoms with Crippen LogP contribution in [0.15, 0.2) is 146 Å². The molecule has 6 aromatic carbocycles. The molecule has 0 bridgehead atoms. The van der Waals surface area contributed by atoms with Gasteiger partial charge in [-0.2, -0.15) is 10.5 Å².